The summed E-state index contributed by atoms with van der Waals surface area (Å²) in [5.41, 5.74) is 1.25. The molecule has 2 unspecified atom stereocenters. The number of nitrogens with one attached hydrogen (secondary N) is 2. The van der Waals surface area contributed by atoms with Gasteiger partial charge in [0.2, 0.25) is 15.9 Å². The van der Waals surface area contributed by atoms with Crippen molar-refractivity contribution in [1.82, 2.24) is 14.9 Å². The second-order valence-electron chi connectivity index (χ2n) is 7.80. The number of ether oxygens (including phenoxy) is 2. The zero-order valence-corrected chi connectivity index (χ0v) is 19.5. The Labute approximate surface area is 190 Å². The van der Waals surface area contributed by atoms with E-state index in [4.69, 9.17) is 9.47 Å². The van der Waals surface area contributed by atoms with Gasteiger partial charge in [-0.25, -0.2) is 13.1 Å². The zero-order chi connectivity index (χ0) is 23.1. The van der Waals surface area contributed by atoms with Crippen LogP contribution in [0.4, 0.5) is 0 Å². The van der Waals surface area contributed by atoms with Gasteiger partial charge in [0.15, 0.2) is 11.5 Å². The van der Waals surface area contributed by atoms with Crippen LogP contribution in [0.5, 0.6) is 11.5 Å². The third kappa shape index (κ3) is 5.99. The number of carbonyl (C=O) groups excluding carboxylic acids is 1. The lowest BCUT2D eigenvalue weighted by Crippen LogP contribution is -2.39. The maximum atomic E-state index is 12.5. The lowest BCUT2D eigenvalue weighted by atomic mass is 10.1. The number of likely N-dealkylation sites (tertiary alicyclic amines) is 1. The first-order valence-electron chi connectivity index (χ1n) is 10.6. The van der Waals surface area contributed by atoms with Crippen molar-refractivity contribution in [3.8, 4) is 11.5 Å². The number of rotatable bonds is 10. The Bertz CT molecular complexity index is 1010. The molecule has 0 spiro atoms. The molecule has 0 aromatic heterocycles. The summed E-state index contributed by atoms with van der Waals surface area (Å²) < 4.78 is 37.8. The Balaban J connectivity index is 1.46. The molecule has 1 saturated heterocycles. The van der Waals surface area contributed by atoms with E-state index >= 15 is 0 Å². The second-order valence-corrected chi connectivity index (χ2v) is 9.57. The maximum Gasteiger partial charge on any atom is 0.240 e. The summed E-state index contributed by atoms with van der Waals surface area (Å²) in [4.78, 5) is 14.8. The van der Waals surface area contributed by atoms with E-state index in [1.807, 2.05) is 18.2 Å². The van der Waals surface area contributed by atoms with Gasteiger partial charge in [-0.3, -0.25) is 9.69 Å². The quantitative estimate of drug-likeness (QED) is 0.564. The van der Waals surface area contributed by atoms with Gasteiger partial charge < -0.3 is 14.8 Å². The first-order chi connectivity index (χ1) is 15.3. The van der Waals surface area contributed by atoms with Gasteiger partial charge in [0, 0.05) is 44.2 Å². The highest BCUT2D eigenvalue weighted by Crippen LogP contribution is 2.29. The van der Waals surface area contributed by atoms with Crippen molar-refractivity contribution in [2.75, 3.05) is 33.9 Å². The third-order valence-electron chi connectivity index (χ3n) is 5.72. The van der Waals surface area contributed by atoms with Crippen molar-refractivity contribution in [3.05, 3.63) is 54.1 Å². The number of benzene rings is 2. The van der Waals surface area contributed by atoms with Crippen molar-refractivity contribution in [3.63, 3.8) is 0 Å². The Hall–Kier alpha value is -2.62. The Morgan fingerprint density at radius 2 is 1.84 bits per heavy atom. The summed E-state index contributed by atoms with van der Waals surface area (Å²) in [5, 5.41) is 3.02. The van der Waals surface area contributed by atoms with Crippen molar-refractivity contribution < 1.29 is 22.7 Å². The first-order valence-corrected chi connectivity index (χ1v) is 12.1. The van der Waals surface area contributed by atoms with Crippen LogP contribution in [0, 0.1) is 0 Å². The monoisotopic (exact) mass is 461 g/mol. The van der Waals surface area contributed by atoms with Crippen LogP contribution in [-0.4, -0.2) is 59.1 Å². The molecule has 2 aromatic rings. The lowest BCUT2D eigenvalue weighted by molar-refractivity contribution is -0.121. The van der Waals surface area contributed by atoms with Crippen LogP contribution in [0.25, 0.3) is 0 Å². The van der Waals surface area contributed by atoms with Crippen LogP contribution in [0.15, 0.2) is 53.4 Å². The molecule has 1 aliphatic heterocycles. The maximum absolute atomic E-state index is 12.5. The molecule has 174 valence electrons. The van der Waals surface area contributed by atoms with E-state index in [1.54, 1.807) is 0 Å². The lowest BCUT2D eigenvalue weighted by Gasteiger charge is -2.24. The third-order valence-corrected chi connectivity index (χ3v) is 7.18. The van der Waals surface area contributed by atoms with E-state index in [1.165, 1.54) is 38.0 Å². The van der Waals surface area contributed by atoms with Gasteiger partial charge in [-0.1, -0.05) is 30.3 Å². The smallest absolute Gasteiger partial charge is 0.240 e. The molecule has 1 fully saturated rings. The van der Waals surface area contributed by atoms with Crippen LogP contribution in [-0.2, 0) is 14.8 Å². The van der Waals surface area contributed by atoms with Crippen molar-refractivity contribution in [1.29, 1.82) is 0 Å². The topological polar surface area (TPSA) is 97.0 Å². The van der Waals surface area contributed by atoms with Gasteiger partial charge in [0.25, 0.3) is 0 Å². The molecule has 1 aliphatic rings. The minimum atomic E-state index is -3.77. The molecule has 8 nitrogen and oxygen atoms in total. The highest BCUT2D eigenvalue weighted by Gasteiger charge is 2.27. The van der Waals surface area contributed by atoms with Gasteiger partial charge in [-0.2, -0.15) is 0 Å². The number of methoxy groups -OCH3 is 2. The molecule has 32 heavy (non-hydrogen) atoms. The minimum absolute atomic E-state index is 0.0133. The van der Waals surface area contributed by atoms with Gasteiger partial charge in [-0.15, -0.1) is 0 Å². The fourth-order valence-corrected chi connectivity index (χ4v) is 4.91. The molecule has 0 radical (unpaired) electrons. The van der Waals surface area contributed by atoms with E-state index in [0.29, 0.717) is 11.5 Å². The number of sulfonamides is 1. The highest BCUT2D eigenvalue weighted by molar-refractivity contribution is 7.89. The van der Waals surface area contributed by atoms with Crippen molar-refractivity contribution in [2.45, 2.75) is 36.7 Å². The molecule has 0 bridgehead atoms. The molecule has 2 aromatic carbocycles. The molecule has 1 amide bonds. The number of carbonyl (C=O) groups is 1. The highest BCUT2D eigenvalue weighted by atomic mass is 32.2. The van der Waals surface area contributed by atoms with Gasteiger partial charge >= 0.3 is 0 Å². The van der Waals surface area contributed by atoms with Crippen LogP contribution < -0.4 is 19.5 Å². The molecule has 3 rings (SSSR count). The summed E-state index contributed by atoms with van der Waals surface area (Å²) in [6, 6.07) is 15.0. The first kappa shape index (κ1) is 24.0. The van der Waals surface area contributed by atoms with E-state index < -0.39 is 10.0 Å². The average molecular weight is 462 g/mol. The predicted octanol–water partition coefficient (Wildman–Crippen LogP) is 2.32. The summed E-state index contributed by atoms with van der Waals surface area (Å²) in [7, 11) is -0.843. The van der Waals surface area contributed by atoms with Crippen LogP contribution in [0.3, 0.4) is 0 Å². The molecule has 1 heterocycles. The van der Waals surface area contributed by atoms with E-state index in [9.17, 15) is 13.2 Å². The molecule has 0 aliphatic carbocycles. The SMILES string of the molecule is COc1ccc(S(=O)(=O)NCCC(=O)NC2CCN(C(C)c3ccccc3)C2)cc1OC. The van der Waals surface area contributed by atoms with Gasteiger partial charge in [-0.05, 0) is 31.0 Å². The van der Waals surface area contributed by atoms with Crippen LogP contribution in [0.2, 0.25) is 0 Å². The summed E-state index contributed by atoms with van der Waals surface area (Å²) in [6.45, 7) is 3.87. The number of nitrogens with zero attached hydrogens (tertiary/aromatic N) is 1. The molecule has 2 N–H and O–H groups in total. The molecule has 0 saturated carbocycles. The summed E-state index contributed by atoms with van der Waals surface area (Å²) in [6.07, 6.45) is 0.942. The van der Waals surface area contributed by atoms with Crippen LogP contribution >= 0.6 is 0 Å². The molecule has 2 atom stereocenters. The van der Waals surface area contributed by atoms with Crippen LogP contribution in [0.1, 0.15) is 31.4 Å². The second kappa shape index (κ2) is 10.8. The number of hydrogen-bond donors (Lipinski definition) is 2. The van der Waals surface area contributed by atoms with E-state index in [2.05, 4.69) is 34.0 Å². The van der Waals surface area contributed by atoms with E-state index in [0.717, 1.165) is 19.5 Å². The number of amides is 1. The number of hydrogen-bond acceptors (Lipinski definition) is 6. The Morgan fingerprint density at radius 3 is 2.53 bits per heavy atom. The Kier molecular flexibility index (Phi) is 8.11. The predicted molar refractivity (Wildman–Crippen MR) is 122 cm³/mol. The van der Waals surface area contributed by atoms with Gasteiger partial charge in [0.1, 0.15) is 0 Å². The molecular formula is C23H31N3O5S. The molecule has 9 heteroatoms. The van der Waals surface area contributed by atoms with Crippen molar-refractivity contribution >= 4 is 15.9 Å². The van der Waals surface area contributed by atoms with Crippen molar-refractivity contribution in [2.24, 2.45) is 0 Å². The zero-order valence-electron chi connectivity index (χ0n) is 18.7. The standard InChI is InChI=1S/C23H31N3O5S/c1-17(18-7-5-4-6-8-18)26-14-12-19(16-26)25-23(27)11-13-24-32(28,29)20-9-10-21(30-2)22(15-20)31-3/h4-10,15,17,19,24H,11-14,16H2,1-3H3,(H,25,27). The summed E-state index contributed by atoms with van der Waals surface area (Å²) in [5.74, 6) is 0.598. The Morgan fingerprint density at radius 1 is 1.12 bits per heavy atom. The fourth-order valence-electron chi connectivity index (χ4n) is 3.87. The molecular weight excluding hydrogens is 430 g/mol. The van der Waals surface area contributed by atoms with E-state index in [-0.39, 0.29) is 35.9 Å². The minimum Gasteiger partial charge on any atom is -0.493 e. The largest absolute Gasteiger partial charge is 0.493 e. The normalized spacial score (nSPS) is 17.7. The summed E-state index contributed by atoms with van der Waals surface area (Å²) >= 11 is 0. The van der Waals surface area contributed by atoms with Gasteiger partial charge in [0.05, 0.1) is 19.1 Å². The fraction of sp³-hybridized carbons (Fsp3) is 0.435. The average Bonchev–Trinajstić information content (AvgIpc) is 3.26.